The van der Waals surface area contributed by atoms with Gasteiger partial charge in [0.2, 0.25) is 0 Å². The molecular weight excluding hydrogens is 452 g/mol. The Morgan fingerprint density at radius 1 is 0.882 bits per heavy atom. The number of hydrogen-bond donors (Lipinski definition) is 2. The maximum absolute atomic E-state index is 11.4. The van der Waals surface area contributed by atoms with Gasteiger partial charge in [-0.1, -0.05) is 80.3 Å². The van der Waals surface area contributed by atoms with Gasteiger partial charge < -0.3 is 24.9 Å². The summed E-state index contributed by atoms with van der Waals surface area (Å²) in [6.07, 6.45) is 7.15. The number of carbonyl (C=O) groups is 2. The highest BCUT2D eigenvalue weighted by Crippen LogP contribution is 2.35. The summed E-state index contributed by atoms with van der Waals surface area (Å²) in [6, 6.07) is 18.1. The van der Waals surface area contributed by atoms with E-state index in [9.17, 15) is 19.8 Å². The SMILES string of the molecule is O=C(O)COCCSC(c1ccccc1CCCCCCCCc1ccccc1)C(O)C(=O)[O-]. The van der Waals surface area contributed by atoms with Crippen LogP contribution in [0.4, 0.5) is 0 Å². The van der Waals surface area contributed by atoms with Crippen LogP contribution < -0.4 is 5.11 Å². The third kappa shape index (κ3) is 10.7. The molecule has 2 aromatic carbocycles. The molecular formula is C27H35O6S-. The molecule has 0 amide bonds. The Morgan fingerprint density at radius 3 is 2.18 bits per heavy atom. The van der Waals surface area contributed by atoms with Gasteiger partial charge in [0.25, 0.3) is 0 Å². The van der Waals surface area contributed by atoms with Crippen molar-refractivity contribution in [3.05, 3.63) is 71.3 Å². The standard InChI is InChI=1S/C27H36O6S/c28-24(29)20-33-18-19-34-26(25(30)27(31)32)23-17-11-10-16-22(23)15-9-4-2-1-3-6-12-21-13-7-5-8-14-21/h5,7-8,10-11,13-14,16-17,25-26,30H,1-4,6,9,12,15,18-20H2,(H,28,29)(H,31,32)/p-1. The van der Waals surface area contributed by atoms with Gasteiger partial charge in [0.15, 0.2) is 0 Å². The van der Waals surface area contributed by atoms with Crippen molar-refractivity contribution in [1.82, 2.24) is 0 Å². The largest absolute Gasteiger partial charge is 0.547 e. The van der Waals surface area contributed by atoms with Crippen LogP contribution in [0.5, 0.6) is 0 Å². The van der Waals surface area contributed by atoms with Crippen molar-refractivity contribution in [3.63, 3.8) is 0 Å². The summed E-state index contributed by atoms with van der Waals surface area (Å²) in [7, 11) is 0. The summed E-state index contributed by atoms with van der Waals surface area (Å²) in [6.45, 7) is -0.253. The zero-order chi connectivity index (χ0) is 24.6. The number of thioether (sulfide) groups is 1. The summed E-state index contributed by atoms with van der Waals surface area (Å²) in [5, 5.41) is 29.6. The lowest BCUT2D eigenvalue weighted by atomic mass is 9.96. The molecule has 2 unspecified atom stereocenters. The van der Waals surface area contributed by atoms with Crippen LogP contribution in [0.2, 0.25) is 0 Å². The van der Waals surface area contributed by atoms with Crippen LogP contribution in [0.1, 0.15) is 60.5 Å². The molecule has 2 rings (SSSR count). The van der Waals surface area contributed by atoms with E-state index < -0.39 is 29.9 Å². The second-order valence-corrected chi connectivity index (χ2v) is 9.56. The maximum Gasteiger partial charge on any atom is 0.329 e. The molecule has 2 aromatic rings. The highest BCUT2D eigenvalue weighted by atomic mass is 32.2. The van der Waals surface area contributed by atoms with Crippen LogP contribution in [-0.2, 0) is 27.2 Å². The highest BCUT2D eigenvalue weighted by molar-refractivity contribution is 7.99. The first-order valence-electron chi connectivity index (χ1n) is 11.9. The number of aryl methyl sites for hydroxylation is 2. The van der Waals surface area contributed by atoms with Crippen LogP contribution in [0, 0.1) is 0 Å². The summed E-state index contributed by atoms with van der Waals surface area (Å²) in [4.78, 5) is 22.0. The summed E-state index contributed by atoms with van der Waals surface area (Å²) in [5.74, 6) is -2.22. The molecule has 186 valence electrons. The number of rotatable bonds is 18. The van der Waals surface area contributed by atoms with E-state index in [0.717, 1.165) is 43.2 Å². The van der Waals surface area contributed by atoms with Crippen molar-refractivity contribution >= 4 is 23.7 Å². The second-order valence-electron chi connectivity index (χ2n) is 8.31. The third-order valence-electron chi connectivity index (χ3n) is 5.64. The van der Waals surface area contributed by atoms with Gasteiger partial charge in [-0.3, -0.25) is 0 Å². The predicted molar refractivity (Wildman–Crippen MR) is 133 cm³/mol. The fraction of sp³-hybridized carbons (Fsp3) is 0.481. The Bertz CT molecular complexity index is 857. The average Bonchev–Trinajstić information content (AvgIpc) is 2.83. The monoisotopic (exact) mass is 487 g/mol. The van der Waals surface area contributed by atoms with Gasteiger partial charge in [-0.05, 0) is 42.4 Å². The fourth-order valence-corrected chi connectivity index (χ4v) is 5.07. The number of benzene rings is 2. The lowest BCUT2D eigenvalue weighted by molar-refractivity contribution is -0.315. The van der Waals surface area contributed by atoms with Gasteiger partial charge in [0, 0.05) is 5.75 Å². The van der Waals surface area contributed by atoms with E-state index in [4.69, 9.17) is 9.84 Å². The summed E-state index contributed by atoms with van der Waals surface area (Å²) in [5.41, 5.74) is 3.19. The first-order chi connectivity index (χ1) is 16.5. The zero-order valence-corrected chi connectivity index (χ0v) is 20.4. The molecule has 0 aliphatic heterocycles. The molecule has 0 heterocycles. The quantitative estimate of drug-likeness (QED) is 0.308. The number of carboxylic acids is 2. The Labute approximate surface area is 206 Å². The van der Waals surface area contributed by atoms with Crippen LogP contribution in [0.3, 0.4) is 0 Å². The van der Waals surface area contributed by atoms with Crippen molar-refractivity contribution in [2.24, 2.45) is 0 Å². The van der Waals surface area contributed by atoms with Gasteiger partial charge in [0.05, 0.1) is 17.8 Å². The van der Waals surface area contributed by atoms with Gasteiger partial charge in [-0.25, -0.2) is 4.79 Å². The predicted octanol–water partition coefficient (Wildman–Crippen LogP) is 3.80. The molecule has 7 heteroatoms. The maximum atomic E-state index is 11.4. The lowest BCUT2D eigenvalue weighted by Gasteiger charge is -2.26. The molecule has 2 N–H and O–H groups in total. The van der Waals surface area contributed by atoms with E-state index in [-0.39, 0.29) is 6.61 Å². The van der Waals surface area contributed by atoms with Crippen LogP contribution in [0.15, 0.2) is 54.6 Å². The topological polar surface area (TPSA) is 107 Å². The number of carbonyl (C=O) groups excluding carboxylic acids is 1. The van der Waals surface area contributed by atoms with E-state index in [1.165, 1.54) is 36.6 Å². The fourth-order valence-electron chi connectivity index (χ4n) is 3.90. The molecule has 2 atom stereocenters. The number of unbranched alkanes of at least 4 members (excludes halogenated alkanes) is 5. The highest BCUT2D eigenvalue weighted by Gasteiger charge is 2.24. The van der Waals surface area contributed by atoms with Crippen molar-refractivity contribution in [1.29, 1.82) is 0 Å². The number of aliphatic hydroxyl groups is 1. The minimum atomic E-state index is -1.66. The second kappa shape index (κ2) is 16.3. The van der Waals surface area contributed by atoms with E-state index >= 15 is 0 Å². The Kier molecular flexibility index (Phi) is 13.4. The van der Waals surface area contributed by atoms with Crippen molar-refractivity contribution < 1.29 is 29.6 Å². The van der Waals surface area contributed by atoms with Crippen LogP contribution >= 0.6 is 11.8 Å². The molecule has 0 aliphatic carbocycles. The smallest absolute Gasteiger partial charge is 0.329 e. The average molecular weight is 488 g/mol. The van der Waals surface area contributed by atoms with E-state index in [0.29, 0.717) is 5.75 Å². The number of carboxylic acid groups (broad SMARTS) is 2. The molecule has 34 heavy (non-hydrogen) atoms. The molecule has 0 aromatic heterocycles. The molecule has 6 nitrogen and oxygen atoms in total. The van der Waals surface area contributed by atoms with Crippen molar-refractivity contribution in [3.8, 4) is 0 Å². The molecule has 0 bridgehead atoms. The Hall–Kier alpha value is -2.35. The van der Waals surface area contributed by atoms with Gasteiger partial charge >= 0.3 is 5.97 Å². The van der Waals surface area contributed by atoms with E-state index in [1.807, 2.05) is 30.3 Å². The number of ether oxygens (including phenoxy) is 1. The molecule has 0 aliphatic rings. The zero-order valence-electron chi connectivity index (χ0n) is 19.6. The summed E-state index contributed by atoms with van der Waals surface area (Å²) < 4.78 is 5.03. The molecule has 0 fully saturated rings. The van der Waals surface area contributed by atoms with Gasteiger partial charge in [0.1, 0.15) is 12.7 Å². The Balaban J connectivity index is 1.79. The van der Waals surface area contributed by atoms with E-state index in [2.05, 4.69) is 24.3 Å². The first-order valence-corrected chi connectivity index (χ1v) is 13.0. The van der Waals surface area contributed by atoms with Crippen LogP contribution in [0.25, 0.3) is 0 Å². The molecule has 0 saturated carbocycles. The van der Waals surface area contributed by atoms with Gasteiger partial charge in [-0.15, -0.1) is 11.8 Å². The Morgan fingerprint density at radius 2 is 1.50 bits per heavy atom. The van der Waals surface area contributed by atoms with E-state index in [1.54, 1.807) is 0 Å². The number of hydrogen-bond acceptors (Lipinski definition) is 6. The minimum Gasteiger partial charge on any atom is -0.547 e. The lowest BCUT2D eigenvalue weighted by Crippen LogP contribution is -2.39. The van der Waals surface area contributed by atoms with Crippen molar-refractivity contribution in [2.45, 2.75) is 62.7 Å². The first kappa shape index (κ1) is 27.9. The normalized spacial score (nSPS) is 12.9. The van der Waals surface area contributed by atoms with Crippen LogP contribution in [-0.4, -0.2) is 47.2 Å². The molecule has 0 spiro atoms. The molecule has 0 saturated heterocycles. The number of aliphatic carboxylic acids is 2. The minimum absolute atomic E-state index is 0.152. The third-order valence-corrected chi connectivity index (χ3v) is 6.92. The summed E-state index contributed by atoms with van der Waals surface area (Å²) >= 11 is 1.24. The number of aliphatic hydroxyl groups excluding tert-OH is 1. The van der Waals surface area contributed by atoms with Crippen molar-refractivity contribution in [2.75, 3.05) is 19.0 Å². The molecule has 0 radical (unpaired) electrons. The van der Waals surface area contributed by atoms with Gasteiger partial charge in [-0.2, -0.15) is 0 Å².